The number of ether oxygens (including phenoxy) is 1. The van der Waals surface area contributed by atoms with Gasteiger partial charge in [-0.25, -0.2) is 13.6 Å². The Hall–Kier alpha value is -2.50. The standard InChI is InChI=1S/C14H12F2N2O2/c1-2-20-14(19)9-5-11(8-17-7-9)18-10-3-4-12(15)13(16)6-10/h3-8,18H,2H2,1H3. The van der Waals surface area contributed by atoms with E-state index < -0.39 is 17.6 Å². The number of nitrogens with one attached hydrogen (secondary N) is 1. The van der Waals surface area contributed by atoms with Crippen LogP contribution in [0.2, 0.25) is 0 Å². The number of esters is 1. The molecule has 20 heavy (non-hydrogen) atoms. The first kappa shape index (κ1) is 13.9. The fourth-order valence-electron chi connectivity index (χ4n) is 1.57. The summed E-state index contributed by atoms with van der Waals surface area (Å²) in [6.07, 6.45) is 2.83. The van der Waals surface area contributed by atoms with E-state index in [0.29, 0.717) is 11.4 Å². The Morgan fingerprint density at radius 3 is 2.70 bits per heavy atom. The average molecular weight is 278 g/mol. The van der Waals surface area contributed by atoms with E-state index in [4.69, 9.17) is 4.74 Å². The minimum Gasteiger partial charge on any atom is -0.462 e. The normalized spacial score (nSPS) is 10.2. The van der Waals surface area contributed by atoms with Crippen molar-refractivity contribution in [2.75, 3.05) is 11.9 Å². The van der Waals surface area contributed by atoms with Crippen molar-refractivity contribution in [2.45, 2.75) is 6.92 Å². The quantitative estimate of drug-likeness (QED) is 0.872. The fourth-order valence-corrected chi connectivity index (χ4v) is 1.57. The summed E-state index contributed by atoms with van der Waals surface area (Å²) in [4.78, 5) is 15.4. The molecule has 0 saturated heterocycles. The summed E-state index contributed by atoms with van der Waals surface area (Å²) in [6.45, 7) is 1.97. The van der Waals surface area contributed by atoms with E-state index in [1.807, 2.05) is 0 Å². The number of carbonyl (C=O) groups excluding carboxylic acids is 1. The number of halogens is 2. The first-order valence-electron chi connectivity index (χ1n) is 5.94. The number of rotatable bonds is 4. The number of hydrogen-bond acceptors (Lipinski definition) is 4. The molecule has 0 amide bonds. The van der Waals surface area contributed by atoms with E-state index in [-0.39, 0.29) is 12.2 Å². The summed E-state index contributed by atoms with van der Waals surface area (Å²) in [7, 11) is 0. The molecule has 2 rings (SSSR count). The number of anilines is 2. The lowest BCUT2D eigenvalue weighted by Crippen LogP contribution is -2.05. The number of pyridine rings is 1. The van der Waals surface area contributed by atoms with Gasteiger partial charge in [0.05, 0.1) is 24.1 Å². The van der Waals surface area contributed by atoms with Crippen molar-refractivity contribution < 1.29 is 18.3 Å². The first-order valence-corrected chi connectivity index (χ1v) is 5.94. The second-order valence-electron chi connectivity index (χ2n) is 3.94. The topological polar surface area (TPSA) is 51.2 Å². The largest absolute Gasteiger partial charge is 0.462 e. The van der Waals surface area contributed by atoms with Gasteiger partial charge in [0.1, 0.15) is 0 Å². The Bertz CT molecular complexity index is 632. The summed E-state index contributed by atoms with van der Waals surface area (Å²) in [5, 5.41) is 2.83. The fraction of sp³-hybridized carbons (Fsp3) is 0.143. The molecule has 0 saturated carbocycles. The maximum atomic E-state index is 13.1. The van der Waals surface area contributed by atoms with Gasteiger partial charge in [0.15, 0.2) is 11.6 Å². The second-order valence-corrected chi connectivity index (χ2v) is 3.94. The lowest BCUT2D eigenvalue weighted by atomic mass is 10.2. The molecule has 6 heteroatoms. The van der Waals surface area contributed by atoms with Crippen LogP contribution in [0.5, 0.6) is 0 Å². The van der Waals surface area contributed by atoms with Crippen molar-refractivity contribution in [2.24, 2.45) is 0 Å². The smallest absolute Gasteiger partial charge is 0.339 e. The Balaban J connectivity index is 2.19. The van der Waals surface area contributed by atoms with E-state index >= 15 is 0 Å². The van der Waals surface area contributed by atoms with Crippen molar-refractivity contribution in [3.8, 4) is 0 Å². The van der Waals surface area contributed by atoms with Crippen LogP contribution in [0.1, 0.15) is 17.3 Å². The predicted molar refractivity (Wildman–Crippen MR) is 69.8 cm³/mol. The molecule has 1 N–H and O–H groups in total. The lowest BCUT2D eigenvalue weighted by molar-refractivity contribution is 0.0526. The molecule has 0 fully saturated rings. The molecule has 0 atom stereocenters. The second kappa shape index (κ2) is 6.10. The highest BCUT2D eigenvalue weighted by Crippen LogP contribution is 2.19. The third-order valence-electron chi connectivity index (χ3n) is 2.46. The van der Waals surface area contributed by atoms with Gasteiger partial charge in [-0.15, -0.1) is 0 Å². The van der Waals surface area contributed by atoms with Gasteiger partial charge in [0, 0.05) is 18.0 Å². The monoisotopic (exact) mass is 278 g/mol. The summed E-state index contributed by atoms with van der Waals surface area (Å²) in [5.74, 6) is -2.37. The van der Waals surface area contributed by atoms with E-state index in [1.165, 1.54) is 24.5 Å². The number of nitrogens with zero attached hydrogens (tertiary/aromatic N) is 1. The predicted octanol–water partition coefficient (Wildman–Crippen LogP) is 3.28. The molecule has 2 aromatic rings. The van der Waals surface area contributed by atoms with Gasteiger partial charge in [0.25, 0.3) is 0 Å². The third kappa shape index (κ3) is 3.28. The summed E-state index contributed by atoms with van der Waals surface area (Å²) in [6, 6.07) is 4.94. The average Bonchev–Trinajstić information content (AvgIpc) is 2.43. The Kier molecular flexibility index (Phi) is 4.24. The Morgan fingerprint density at radius 2 is 2.00 bits per heavy atom. The number of carbonyl (C=O) groups is 1. The molecule has 0 radical (unpaired) electrons. The minimum absolute atomic E-state index is 0.264. The maximum Gasteiger partial charge on any atom is 0.339 e. The number of benzene rings is 1. The third-order valence-corrected chi connectivity index (χ3v) is 2.46. The molecule has 1 aromatic carbocycles. The van der Waals surface area contributed by atoms with Crippen molar-refractivity contribution in [3.05, 3.63) is 53.9 Å². The molecular formula is C14H12F2N2O2. The molecule has 4 nitrogen and oxygen atoms in total. The van der Waals surface area contributed by atoms with Gasteiger partial charge >= 0.3 is 5.97 Å². The highest BCUT2D eigenvalue weighted by Gasteiger charge is 2.08. The zero-order valence-electron chi connectivity index (χ0n) is 10.7. The van der Waals surface area contributed by atoms with E-state index in [0.717, 1.165) is 12.1 Å². The molecule has 104 valence electrons. The van der Waals surface area contributed by atoms with Gasteiger partial charge in [0.2, 0.25) is 0 Å². The van der Waals surface area contributed by atoms with Crippen LogP contribution in [0.4, 0.5) is 20.2 Å². The first-order chi connectivity index (χ1) is 9.60. The molecule has 0 aliphatic carbocycles. The zero-order chi connectivity index (χ0) is 14.5. The maximum absolute atomic E-state index is 13.1. The van der Waals surface area contributed by atoms with Crippen molar-refractivity contribution in [1.82, 2.24) is 4.98 Å². The van der Waals surface area contributed by atoms with Gasteiger partial charge in [-0.2, -0.15) is 0 Å². The molecule has 1 aromatic heterocycles. The number of aromatic nitrogens is 1. The van der Waals surface area contributed by atoms with Crippen LogP contribution in [0.25, 0.3) is 0 Å². The summed E-state index contributed by atoms with van der Waals surface area (Å²) < 4.78 is 30.8. The Labute approximate surface area is 114 Å². The lowest BCUT2D eigenvalue weighted by Gasteiger charge is -2.08. The molecule has 0 spiro atoms. The van der Waals surface area contributed by atoms with Crippen LogP contribution in [0.15, 0.2) is 36.7 Å². The van der Waals surface area contributed by atoms with Gasteiger partial charge in [-0.3, -0.25) is 4.98 Å². The molecule has 0 aliphatic rings. The van der Waals surface area contributed by atoms with Gasteiger partial charge in [-0.05, 0) is 25.1 Å². The Morgan fingerprint density at radius 1 is 1.20 bits per heavy atom. The van der Waals surface area contributed by atoms with E-state index in [9.17, 15) is 13.6 Å². The van der Waals surface area contributed by atoms with Crippen molar-refractivity contribution in [1.29, 1.82) is 0 Å². The molecular weight excluding hydrogens is 266 g/mol. The van der Waals surface area contributed by atoms with Gasteiger partial charge < -0.3 is 10.1 Å². The van der Waals surface area contributed by atoms with Crippen LogP contribution in [-0.2, 0) is 4.74 Å². The highest BCUT2D eigenvalue weighted by molar-refractivity contribution is 5.90. The minimum atomic E-state index is -0.954. The van der Waals surface area contributed by atoms with Crippen LogP contribution in [-0.4, -0.2) is 17.6 Å². The molecule has 0 aliphatic heterocycles. The molecule has 0 unspecified atom stereocenters. The van der Waals surface area contributed by atoms with Crippen LogP contribution in [0.3, 0.4) is 0 Å². The highest BCUT2D eigenvalue weighted by atomic mass is 19.2. The molecule has 0 bridgehead atoms. The summed E-state index contributed by atoms with van der Waals surface area (Å²) in [5.41, 5.74) is 1.10. The van der Waals surface area contributed by atoms with E-state index in [2.05, 4.69) is 10.3 Å². The van der Waals surface area contributed by atoms with Gasteiger partial charge in [-0.1, -0.05) is 0 Å². The van der Waals surface area contributed by atoms with Crippen molar-refractivity contribution in [3.63, 3.8) is 0 Å². The van der Waals surface area contributed by atoms with Crippen molar-refractivity contribution >= 4 is 17.3 Å². The zero-order valence-corrected chi connectivity index (χ0v) is 10.7. The SMILES string of the molecule is CCOC(=O)c1cncc(Nc2ccc(F)c(F)c2)c1. The summed E-state index contributed by atoms with van der Waals surface area (Å²) >= 11 is 0. The number of hydrogen-bond donors (Lipinski definition) is 1. The van der Waals surface area contributed by atoms with E-state index in [1.54, 1.807) is 6.92 Å². The van der Waals surface area contributed by atoms with Crippen LogP contribution < -0.4 is 5.32 Å². The van der Waals surface area contributed by atoms with Crippen LogP contribution in [0, 0.1) is 11.6 Å². The molecule has 1 heterocycles. The van der Waals surface area contributed by atoms with Crippen LogP contribution >= 0.6 is 0 Å².